The van der Waals surface area contributed by atoms with Crippen molar-refractivity contribution in [3.63, 3.8) is 0 Å². The van der Waals surface area contributed by atoms with Gasteiger partial charge in [0.05, 0.1) is 17.2 Å². The fourth-order valence-electron chi connectivity index (χ4n) is 4.33. The number of fused-ring (bicyclic) bond motifs is 1. The van der Waals surface area contributed by atoms with Crippen LogP contribution in [0.5, 0.6) is 0 Å². The molecule has 4 aromatic rings. The summed E-state index contributed by atoms with van der Waals surface area (Å²) in [5.41, 5.74) is 4.83. The van der Waals surface area contributed by atoms with Crippen LogP contribution < -0.4 is 10.6 Å². The summed E-state index contributed by atoms with van der Waals surface area (Å²) in [6.07, 6.45) is 5.77. The van der Waals surface area contributed by atoms with Crippen molar-refractivity contribution in [1.82, 2.24) is 29.8 Å². The molecule has 3 aromatic heterocycles. The van der Waals surface area contributed by atoms with Crippen molar-refractivity contribution in [3.05, 3.63) is 72.2 Å². The molecular formula is C26H27N7O3S. The smallest absolute Gasteiger partial charge is 0.251 e. The second kappa shape index (κ2) is 9.56. The van der Waals surface area contributed by atoms with Crippen LogP contribution in [0, 0.1) is 0 Å². The number of nitrogens with zero attached hydrogens (tertiary/aromatic N) is 5. The van der Waals surface area contributed by atoms with Crippen molar-refractivity contribution in [2.24, 2.45) is 0 Å². The molecule has 37 heavy (non-hydrogen) atoms. The Morgan fingerprint density at radius 3 is 2.51 bits per heavy atom. The second-order valence-corrected chi connectivity index (χ2v) is 11.8. The fraction of sp³-hybridized carbons (Fsp3) is 0.308. The van der Waals surface area contributed by atoms with Crippen LogP contribution in [0.15, 0.2) is 60.9 Å². The predicted octanol–water partition coefficient (Wildman–Crippen LogP) is 2.66. The van der Waals surface area contributed by atoms with Crippen LogP contribution in [0.25, 0.3) is 16.8 Å². The number of carbonyl (C=O) groups is 1. The van der Waals surface area contributed by atoms with Crippen molar-refractivity contribution in [2.75, 3.05) is 29.9 Å². The number of carbonyl (C=O) groups excluding carboxylic acids is 1. The molecule has 1 aromatic carbocycles. The Bertz CT molecular complexity index is 1530. The Balaban J connectivity index is 1.15. The number of sulfone groups is 1. The van der Waals surface area contributed by atoms with Crippen molar-refractivity contribution in [2.45, 2.75) is 25.4 Å². The topological polar surface area (TPSA) is 122 Å². The van der Waals surface area contributed by atoms with Crippen molar-refractivity contribution in [3.8, 4) is 11.1 Å². The number of aromatic nitrogens is 4. The van der Waals surface area contributed by atoms with E-state index in [0.717, 1.165) is 35.3 Å². The molecule has 1 saturated heterocycles. The molecule has 1 aliphatic heterocycles. The van der Waals surface area contributed by atoms with Crippen LogP contribution in [-0.2, 0) is 16.4 Å². The molecule has 10 nitrogen and oxygen atoms in total. The SMILES string of the molecule is O=C(NC1CC1)c1ccc(Nc2nc3c(-c4ccc(CN5CCS(=O)(=O)CC5)nc4)cccn3n2)cc1. The number of anilines is 2. The third-order valence-corrected chi connectivity index (χ3v) is 8.25. The molecule has 6 rings (SSSR count). The number of rotatable bonds is 7. The van der Waals surface area contributed by atoms with Gasteiger partial charge in [0.25, 0.3) is 5.91 Å². The maximum Gasteiger partial charge on any atom is 0.251 e. The molecule has 0 bridgehead atoms. The molecule has 0 atom stereocenters. The van der Waals surface area contributed by atoms with Gasteiger partial charge in [0.2, 0.25) is 5.95 Å². The second-order valence-electron chi connectivity index (χ2n) is 9.54. The predicted molar refractivity (Wildman–Crippen MR) is 140 cm³/mol. The van der Waals surface area contributed by atoms with Gasteiger partial charge < -0.3 is 10.6 Å². The van der Waals surface area contributed by atoms with Gasteiger partial charge in [0.1, 0.15) is 0 Å². The average Bonchev–Trinajstić information content (AvgIpc) is 3.61. The van der Waals surface area contributed by atoms with Gasteiger partial charge in [-0.3, -0.25) is 14.7 Å². The number of nitrogens with one attached hydrogen (secondary N) is 2. The summed E-state index contributed by atoms with van der Waals surface area (Å²) in [6.45, 7) is 1.70. The molecule has 1 saturated carbocycles. The summed E-state index contributed by atoms with van der Waals surface area (Å²) in [5, 5.41) is 10.7. The van der Waals surface area contributed by atoms with Crippen LogP contribution in [0.1, 0.15) is 28.9 Å². The van der Waals surface area contributed by atoms with Crippen molar-refractivity contribution < 1.29 is 13.2 Å². The first-order valence-corrected chi connectivity index (χ1v) is 14.2. The summed E-state index contributed by atoms with van der Waals surface area (Å²) >= 11 is 0. The van der Waals surface area contributed by atoms with E-state index in [9.17, 15) is 13.2 Å². The Morgan fingerprint density at radius 2 is 1.81 bits per heavy atom. The highest BCUT2D eigenvalue weighted by atomic mass is 32.2. The molecule has 4 heterocycles. The Labute approximate surface area is 214 Å². The van der Waals surface area contributed by atoms with E-state index in [1.807, 2.05) is 48.8 Å². The summed E-state index contributed by atoms with van der Waals surface area (Å²) in [4.78, 5) is 23.6. The third kappa shape index (κ3) is 5.47. The number of hydrogen-bond acceptors (Lipinski definition) is 8. The van der Waals surface area contributed by atoms with Crippen LogP contribution >= 0.6 is 0 Å². The molecule has 1 aliphatic carbocycles. The molecule has 0 unspecified atom stereocenters. The summed E-state index contributed by atoms with van der Waals surface area (Å²) in [5.74, 6) is 0.812. The van der Waals surface area contributed by atoms with Crippen molar-refractivity contribution >= 4 is 33.0 Å². The van der Waals surface area contributed by atoms with Gasteiger partial charge >= 0.3 is 0 Å². The lowest BCUT2D eigenvalue weighted by atomic mass is 10.1. The lowest BCUT2D eigenvalue weighted by Crippen LogP contribution is -2.39. The minimum Gasteiger partial charge on any atom is -0.349 e. The zero-order valence-corrected chi connectivity index (χ0v) is 21.0. The van der Waals surface area contributed by atoms with Gasteiger partial charge in [-0.25, -0.2) is 12.9 Å². The first-order chi connectivity index (χ1) is 17.9. The van der Waals surface area contributed by atoms with Crippen LogP contribution in [0.2, 0.25) is 0 Å². The molecule has 0 radical (unpaired) electrons. The highest BCUT2D eigenvalue weighted by Gasteiger charge is 2.24. The number of amides is 1. The van der Waals surface area contributed by atoms with Gasteiger partial charge in [-0.15, -0.1) is 5.10 Å². The lowest BCUT2D eigenvalue weighted by Gasteiger charge is -2.26. The van der Waals surface area contributed by atoms with E-state index < -0.39 is 9.84 Å². The van der Waals surface area contributed by atoms with Gasteiger partial charge in [0.15, 0.2) is 15.5 Å². The zero-order chi connectivity index (χ0) is 25.4. The minimum absolute atomic E-state index is 0.0481. The van der Waals surface area contributed by atoms with E-state index >= 15 is 0 Å². The molecule has 2 N–H and O–H groups in total. The summed E-state index contributed by atoms with van der Waals surface area (Å²) in [7, 11) is -2.90. The molecule has 11 heteroatoms. The molecule has 2 aliphatic rings. The molecule has 190 valence electrons. The van der Waals surface area contributed by atoms with Crippen LogP contribution in [0.3, 0.4) is 0 Å². The number of hydrogen-bond donors (Lipinski definition) is 2. The number of benzene rings is 1. The first kappa shape index (κ1) is 23.6. The molecule has 1 amide bonds. The van der Waals surface area contributed by atoms with Crippen LogP contribution in [-0.4, -0.2) is 69.4 Å². The van der Waals surface area contributed by atoms with Gasteiger partial charge in [-0.05, 0) is 55.3 Å². The van der Waals surface area contributed by atoms with Gasteiger partial charge in [0, 0.05) is 60.4 Å². The highest BCUT2D eigenvalue weighted by Crippen LogP contribution is 2.25. The highest BCUT2D eigenvalue weighted by molar-refractivity contribution is 7.91. The monoisotopic (exact) mass is 517 g/mol. The Hall–Kier alpha value is -3.83. The van der Waals surface area contributed by atoms with Gasteiger partial charge in [-0.1, -0.05) is 6.07 Å². The average molecular weight is 518 g/mol. The number of pyridine rings is 2. The van der Waals surface area contributed by atoms with E-state index in [1.165, 1.54) is 0 Å². The maximum atomic E-state index is 12.2. The molecular weight excluding hydrogens is 490 g/mol. The lowest BCUT2D eigenvalue weighted by molar-refractivity contribution is 0.0951. The largest absolute Gasteiger partial charge is 0.349 e. The summed E-state index contributed by atoms with van der Waals surface area (Å²) in [6, 6.07) is 15.5. The maximum absolute atomic E-state index is 12.2. The third-order valence-electron chi connectivity index (χ3n) is 6.64. The standard InChI is InChI=1S/C26H27N7O3S/c34-25(28-20-9-10-20)18-3-6-21(7-4-18)29-26-30-24-23(2-1-11-33(24)31-26)19-5-8-22(27-16-19)17-32-12-14-37(35,36)15-13-32/h1-8,11,16,20H,9-10,12-15,17H2,(H,28,34)(H,29,31). The quantitative estimate of drug-likeness (QED) is 0.384. The zero-order valence-electron chi connectivity index (χ0n) is 20.2. The van der Waals surface area contributed by atoms with Crippen molar-refractivity contribution in [1.29, 1.82) is 0 Å². The first-order valence-electron chi connectivity index (χ1n) is 12.3. The van der Waals surface area contributed by atoms with E-state index in [4.69, 9.17) is 0 Å². The Kier molecular flexibility index (Phi) is 6.09. The van der Waals surface area contributed by atoms with Gasteiger partial charge in [-0.2, -0.15) is 4.98 Å². The van der Waals surface area contributed by atoms with E-state index in [0.29, 0.717) is 42.8 Å². The van der Waals surface area contributed by atoms with Crippen LogP contribution in [0.4, 0.5) is 11.6 Å². The van der Waals surface area contributed by atoms with E-state index in [1.54, 1.807) is 16.6 Å². The molecule has 2 fully saturated rings. The Morgan fingerprint density at radius 1 is 1.03 bits per heavy atom. The van der Waals surface area contributed by atoms with E-state index in [-0.39, 0.29) is 17.4 Å². The fourth-order valence-corrected chi connectivity index (χ4v) is 5.61. The molecule has 0 spiro atoms. The summed E-state index contributed by atoms with van der Waals surface area (Å²) < 4.78 is 25.0. The van der Waals surface area contributed by atoms with E-state index in [2.05, 4.69) is 30.6 Å². The minimum atomic E-state index is -2.90. The normalized spacial score (nSPS) is 17.5.